The summed E-state index contributed by atoms with van der Waals surface area (Å²) in [6, 6.07) is 15.3. The first kappa shape index (κ1) is 20.0. The molecule has 0 aliphatic carbocycles. The van der Waals surface area contributed by atoms with E-state index in [0.29, 0.717) is 12.2 Å². The molecule has 1 amide bonds. The Morgan fingerprint density at radius 1 is 1.00 bits per heavy atom. The molecule has 0 radical (unpaired) electrons. The van der Waals surface area contributed by atoms with Crippen molar-refractivity contribution in [3.8, 4) is 11.5 Å². The zero-order valence-electron chi connectivity index (χ0n) is 16.9. The average Bonchev–Trinajstić information content (AvgIpc) is 2.73. The van der Waals surface area contributed by atoms with Gasteiger partial charge in [0, 0.05) is 37.6 Å². The fraction of sp³-hybridized carbons (Fsp3) is 0.409. The highest BCUT2D eigenvalue weighted by Gasteiger charge is 2.19. The summed E-state index contributed by atoms with van der Waals surface area (Å²) in [7, 11) is 3.77. The number of piperazine rings is 1. The zero-order chi connectivity index (χ0) is 19.9. The smallest absolute Gasteiger partial charge is 0.265 e. The van der Waals surface area contributed by atoms with Crippen LogP contribution in [0.4, 0.5) is 11.4 Å². The Hall–Kier alpha value is -2.73. The first-order chi connectivity index (χ1) is 13.6. The quantitative estimate of drug-likeness (QED) is 0.795. The Kier molecular flexibility index (Phi) is 6.76. The van der Waals surface area contributed by atoms with Crippen LogP contribution < -0.4 is 19.7 Å². The van der Waals surface area contributed by atoms with Crippen molar-refractivity contribution in [1.82, 2.24) is 4.90 Å². The van der Waals surface area contributed by atoms with E-state index in [-0.39, 0.29) is 5.91 Å². The number of nitrogens with one attached hydrogen (secondary N) is 1. The molecule has 150 valence electrons. The van der Waals surface area contributed by atoms with Crippen LogP contribution in [0.1, 0.15) is 13.3 Å². The molecule has 6 heteroatoms. The van der Waals surface area contributed by atoms with E-state index in [1.54, 1.807) is 19.2 Å². The number of hydrogen-bond donors (Lipinski definition) is 1. The second kappa shape index (κ2) is 9.46. The predicted octanol–water partition coefficient (Wildman–Crippen LogP) is 3.24. The number of anilines is 2. The van der Waals surface area contributed by atoms with Gasteiger partial charge in [0.25, 0.3) is 5.91 Å². The van der Waals surface area contributed by atoms with Gasteiger partial charge in [-0.2, -0.15) is 0 Å². The monoisotopic (exact) mass is 383 g/mol. The van der Waals surface area contributed by atoms with E-state index in [1.165, 1.54) is 5.69 Å². The number of methoxy groups -OCH3 is 1. The van der Waals surface area contributed by atoms with Crippen molar-refractivity contribution in [2.75, 3.05) is 50.6 Å². The summed E-state index contributed by atoms with van der Waals surface area (Å²) in [6.07, 6.45) is 0.0303. The van der Waals surface area contributed by atoms with Gasteiger partial charge in [0.2, 0.25) is 0 Å². The lowest BCUT2D eigenvalue weighted by Crippen LogP contribution is -2.44. The molecule has 1 atom stereocenters. The molecule has 1 saturated heterocycles. The molecule has 0 saturated carbocycles. The minimum atomic E-state index is -0.550. The predicted molar refractivity (Wildman–Crippen MR) is 112 cm³/mol. The van der Waals surface area contributed by atoms with Gasteiger partial charge in [-0.25, -0.2) is 0 Å². The van der Waals surface area contributed by atoms with Crippen molar-refractivity contribution in [2.45, 2.75) is 19.4 Å². The van der Waals surface area contributed by atoms with E-state index in [9.17, 15) is 4.79 Å². The fourth-order valence-corrected chi connectivity index (χ4v) is 3.18. The zero-order valence-corrected chi connectivity index (χ0v) is 16.9. The van der Waals surface area contributed by atoms with Crippen molar-refractivity contribution in [3.05, 3.63) is 48.5 Å². The van der Waals surface area contributed by atoms with Crippen LogP contribution in [0, 0.1) is 0 Å². The second-order valence-corrected chi connectivity index (χ2v) is 7.02. The summed E-state index contributed by atoms with van der Waals surface area (Å²) in [6.45, 7) is 6.12. The SMILES string of the molecule is CCC(Oc1ccc(OC)cc1)C(=O)Nc1ccc(N2CCN(C)CC2)cc1. The molecule has 0 spiro atoms. The van der Waals surface area contributed by atoms with Gasteiger partial charge in [0.15, 0.2) is 6.10 Å². The van der Waals surface area contributed by atoms with Crippen LogP contribution in [0.15, 0.2) is 48.5 Å². The van der Waals surface area contributed by atoms with Gasteiger partial charge in [-0.15, -0.1) is 0 Å². The Morgan fingerprint density at radius 3 is 2.18 bits per heavy atom. The maximum absolute atomic E-state index is 12.6. The van der Waals surface area contributed by atoms with Crippen LogP contribution in [-0.2, 0) is 4.79 Å². The number of nitrogens with zero attached hydrogens (tertiary/aromatic N) is 2. The minimum Gasteiger partial charge on any atom is -0.497 e. The second-order valence-electron chi connectivity index (χ2n) is 7.02. The van der Waals surface area contributed by atoms with Crippen molar-refractivity contribution in [3.63, 3.8) is 0 Å². The van der Waals surface area contributed by atoms with E-state index in [2.05, 4.69) is 34.3 Å². The third-order valence-corrected chi connectivity index (χ3v) is 5.00. The Labute approximate surface area is 167 Å². The van der Waals surface area contributed by atoms with Crippen LogP contribution in [-0.4, -0.2) is 57.2 Å². The van der Waals surface area contributed by atoms with Crippen molar-refractivity contribution >= 4 is 17.3 Å². The lowest BCUT2D eigenvalue weighted by Gasteiger charge is -2.34. The molecule has 6 nitrogen and oxygen atoms in total. The number of carbonyl (C=O) groups excluding carboxylic acids is 1. The van der Waals surface area contributed by atoms with Crippen LogP contribution in [0.2, 0.25) is 0 Å². The molecule has 1 N–H and O–H groups in total. The lowest BCUT2D eigenvalue weighted by molar-refractivity contribution is -0.122. The topological polar surface area (TPSA) is 54.0 Å². The third-order valence-electron chi connectivity index (χ3n) is 5.00. The Bertz CT molecular complexity index is 754. The fourth-order valence-electron chi connectivity index (χ4n) is 3.18. The number of amides is 1. The van der Waals surface area contributed by atoms with E-state index >= 15 is 0 Å². The average molecular weight is 383 g/mol. The summed E-state index contributed by atoms with van der Waals surface area (Å²) < 4.78 is 11.0. The van der Waals surface area contributed by atoms with Crippen LogP contribution in [0.25, 0.3) is 0 Å². The van der Waals surface area contributed by atoms with Gasteiger partial charge in [0.1, 0.15) is 11.5 Å². The van der Waals surface area contributed by atoms with E-state index < -0.39 is 6.10 Å². The van der Waals surface area contributed by atoms with E-state index in [1.807, 2.05) is 31.2 Å². The normalized spacial score (nSPS) is 15.8. The largest absolute Gasteiger partial charge is 0.497 e. The summed E-state index contributed by atoms with van der Waals surface area (Å²) in [5.41, 5.74) is 1.97. The highest BCUT2D eigenvalue weighted by molar-refractivity contribution is 5.94. The molecule has 0 aromatic heterocycles. The van der Waals surface area contributed by atoms with Crippen molar-refractivity contribution < 1.29 is 14.3 Å². The Balaban J connectivity index is 1.57. The van der Waals surface area contributed by atoms with Gasteiger partial charge in [0.05, 0.1) is 7.11 Å². The number of ether oxygens (including phenoxy) is 2. The Morgan fingerprint density at radius 2 is 1.61 bits per heavy atom. The molecular weight excluding hydrogens is 354 g/mol. The first-order valence-corrected chi connectivity index (χ1v) is 9.74. The number of benzene rings is 2. The molecule has 1 aliphatic rings. The molecule has 1 fully saturated rings. The van der Waals surface area contributed by atoms with Gasteiger partial charge in [-0.05, 0) is 62.0 Å². The molecule has 2 aromatic rings. The molecule has 0 bridgehead atoms. The van der Waals surface area contributed by atoms with Gasteiger partial charge >= 0.3 is 0 Å². The molecule has 1 heterocycles. The van der Waals surface area contributed by atoms with Crippen LogP contribution >= 0.6 is 0 Å². The van der Waals surface area contributed by atoms with Gasteiger partial charge in [-0.1, -0.05) is 6.92 Å². The number of rotatable bonds is 7. The molecule has 2 aromatic carbocycles. The van der Waals surface area contributed by atoms with Gasteiger partial charge < -0.3 is 24.6 Å². The molecular formula is C22H29N3O3. The summed E-state index contributed by atoms with van der Waals surface area (Å²) in [5, 5.41) is 2.96. The summed E-state index contributed by atoms with van der Waals surface area (Å²) >= 11 is 0. The highest BCUT2D eigenvalue weighted by atomic mass is 16.5. The number of likely N-dealkylation sites (N-methyl/N-ethyl adjacent to an activating group) is 1. The van der Waals surface area contributed by atoms with Crippen LogP contribution in [0.5, 0.6) is 11.5 Å². The van der Waals surface area contributed by atoms with Crippen molar-refractivity contribution in [1.29, 1.82) is 0 Å². The molecule has 28 heavy (non-hydrogen) atoms. The number of carbonyl (C=O) groups is 1. The van der Waals surface area contributed by atoms with E-state index in [4.69, 9.17) is 9.47 Å². The molecule has 1 unspecified atom stereocenters. The minimum absolute atomic E-state index is 0.148. The summed E-state index contributed by atoms with van der Waals surface area (Å²) in [4.78, 5) is 17.3. The maximum atomic E-state index is 12.6. The highest BCUT2D eigenvalue weighted by Crippen LogP contribution is 2.21. The van der Waals surface area contributed by atoms with Crippen molar-refractivity contribution in [2.24, 2.45) is 0 Å². The van der Waals surface area contributed by atoms with Crippen LogP contribution in [0.3, 0.4) is 0 Å². The standard InChI is InChI=1S/C22H29N3O3/c1-4-21(28-20-11-9-19(27-3)10-12-20)22(26)23-17-5-7-18(8-6-17)25-15-13-24(2)14-16-25/h5-12,21H,4,13-16H2,1-3H3,(H,23,26). The first-order valence-electron chi connectivity index (χ1n) is 9.74. The third kappa shape index (κ3) is 5.16. The number of hydrogen-bond acceptors (Lipinski definition) is 5. The molecule has 1 aliphatic heterocycles. The summed E-state index contributed by atoms with van der Waals surface area (Å²) in [5.74, 6) is 1.25. The van der Waals surface area contributed by atoms with Gasteiger partial charge in [-0.3, -0.25) is 4.79 Å². The molecule has 3 rings (SSSR count). The maximum Gasteiger partial charge on any atom is 0.265 e. The lowest BCUT2D eigenvalue weighted by atomic mass is 10.2. The van der Waals surface area contributed by atoms with E-state index in [0.717, 1.165) is 37.6 Å².